The molecule has 19 heavy (non-hydrogen) atoms. The summed E-state index contributed by atoms with van der Waals surface area (Å²) in [5.41, 5.74) is -1.90. The van der Waals surface area contributed by atoms with Crippen molar-refractivity contribution in [2.75, 3.05) is 14.2 Å². The maximum absolute atomic E-state index is 11.8. The van der Waals surface area contributed by atoms with Crippen LogP contribution in [0.25, 0.3) is 0 Å². The second kappa shape index (κ2) is 6.15. The molecule has 0 aliphatic heterocycles. The van der Waals surface area contributed by atoms with Crippen LogP contribution in [0.2, 0.25) is 0 Å². The summed E-state index contributed by atoms with van der Waals surface area (Å²) in [6, 6.07) is 8.56. The molecular weight excluding hydrogens is 248 g/mol. The summed E-state index contributed by atoms with van der Waals surface area (Å²) < 4.78 is 9.01. The highest BCUT2D eigenvalue weighted by Gasteiger charge is 2.52. The minimum atomic E-state index is -2.45. The Bertz CT molecular complexity index is 450. The Morgan fingerprint density at radius 1 is 1.21 bits per heavy atom. The summed E-state index contributed by atoms with van der Waals surface area (Å²) in [6.07, 6.45) is 1.31. The monoisotopic (exact) mass is 264 g/mol. The smallest absolute Gasteiger partial charge is 0.350 e. The fourth-order valence-electron chi connectivity index (χ4n) is 1.86. The Balaban J connectivity index is 3.34. The fourth-order valence-corrected chi connectivity index (χ4v) is 1.86. The second-order valence-corrected chi connectivity index (χ2v) is 3.87. The Labute approximate surface area is 111 Å². The predicted molar refractivity (Wildman–Crippen MR) is 68.4 cm³/mol. The van der Waals surface area contributed by atoms with Gasteiger partial charge in [-0.2, -0.15) is 0 Å². The van der Waals surface area contributed by atoms with Crippen LogP contribution in [0.1, 0.15) is 11.5 Å². The van der Waals surface area contributed by atoms with Crippen LogP contribution in [-0.4, -0.2) is 36.9 Å². The molecule has 1 rings (SSSR count). The van der Waals surface area contributed by atoms with Crippen LogP contribution in [0.4, 0.5) is 0 Å². The van der Waals surface area contributed by atoms with Gasteiger partial charge in [0.25, 0.3) is 5.60 Å². The number of hydrogen-bond donors (Lipinski definition) is 1. The fraction of sp³-hybridized carbons (Fsp3) is 0.286. The molecule has 0 amide bonds. The second-order valence-electron chi connectivity index (χ2n) is 3.87. The van der Waals surface area contributed by atoms with E-state index in [1.54, 1.807) is 30.3 Å². The molecule has 0 fully saturated rings. The lowest BCUT2D eigenvalue weighted by atomic mass is 9.82. The van der Waals surface area contributed by atoms with Gasteiger partial charge in [-0.05, 0) is 5.56 Å². The molecule has 0 radical (unpaired) electrons. The van der Waals surface area contributed by atoms with Gasteiger partial charge in [0.2, 0.25) is 0 Å². The third kappa shape index (κ3) is 2.66. The number of esters is 2. The quantitative estimate of drug-likeness (QED) is 0.488. The van der Waals surface area contributed by atoms with E-state index in [-0.39, 0.29) is 0 Å². The molecule has 1 aromatic rings. The van der Waals surface area contributed by atoms with Crippen molar-refractivity contribution in [3.05, 3.63) is 48.6 Å². The van der Waals surface area contributed by atoms with E-state index in [0.29, 0.717) is 5.56 Å². The average molecular weight is 264 g/mol. The van der Waals surface area contributed by atoms with Crippen molar-refractivity contribution in [2.45, 2.75) is 11.5 Å². The van der Waals surface area contributed by atoms with Gasteiger partial charge in [0.05, 0.1) is 20.1 Å². The third-order valence-corrected chi connectivity index (χ3v) is 2.84. The normalized spacial score (nSPS) is 12.4. The van der Waals surface area contributed by atoms with E-state index >= 15 is 0 Å². The summed E-state index contributed by atoms with van der Waals surface area (Å²) in [7, 11) is 2.17. The van der Waals surface area contributed by atoms with Crippen molar-refractivity contribution in [1.29, 1.82) is 0 Å². The van der Waals surface area contributed by atoms with Crippen molar-refractivity contribution in [3.8, 4) is 0 Å². The molecule has 0 unspecified atom stereocenters. The maximum atomic E-state index is 11.8. The molecule has 102 valence electrons. The Kier molecular flexibility index (Phi) is 4.83. The van der Waals surface area contributed by atoms with Gasteiger partial charge in [0.15, 0.2) is 0 Å². The number of methoxy groups -OCH3 is 2. The zero-order valence-corrected chi connectivity index (χ0v) is 10.8. The van der Waals surface area contributed by atoms with E-state index < -0.39 is 23.5 Å². The SMILES string of the molecule is C=C[C@H](c1ccccc1)C(O)(C(=O)OC)C(=O)OC. The van der Waals surface area contributed by atoms with E-state index in [1.165, 1.54) is 6.08 Å². The molecule has 0 aliphatic carbocycles. The zero-order valence-electron chi connectivity index (χ0n) is 10.8. The molecule has 0 bridgehead atoms. The summed E-state index contributed by atoms with van der Waals surface area (Å²) in [4.78, 5) is 23.6. The summed E-state index contributed by atoms with van der Waals surface area (Å²) in [5, 5.41) is 10.4. The molecule has 0 aromatic heterocycles. The van der Waals surface area contributed by atoms with E-state index in [4.69, 9.17) is 0 Å². The average Bonchev–Trinajstić information content (AvgIpc) is 2.46. The van der Waals surface area contributed by atoms with Crippen molar-refractivity contribution in [2.24, 2.45) is 0 Å². The lowest BCUT2D eigenvalue weighted by Crippen LogP contribution is -2.52. The van der Waals surface area contributed by atoms with Crippen LogP contribution in [0.5, 0.6) is 0 Å². The van der Waals surface area contributed by atoms with Gasteiger partial charge in [0, 0.05) is 0 Å². The first-order chi connectivity index (χ1) is 9.02. The van der Waals surface area contributed by atoms with Crippen molar-refractivity contribution >= 4 is 11.9 Å². The molecule has 1 atom stereocenters. The first-order valence-corrected chi connectivity index (χ1v) is 5.59. The largest absolute Gasteiger partial charge is 0.466 e. The highest BCUT2D eigenvalue weighted by atomic mass is 16.6. The molecule has 0 saturated carbocycles. The number of aliphatic hydroxyl groups is 1. The Hall–Kier alpha value is -2.14. The van der Waals surface area contributed by atoms with E-state index in [0.717, 1.165) is 14.2 Å². The van der Waals surface area contributed by atoms with Crippen LogP contribution >= 0.6 is 0 Å². The summed E-state index contributed by atoms with van der Waals surface area (Å²) in [5.74, 6) is -3.14. The van der Waals surface area contributed by atoms with Crippen LogP contribution in [0.15, 0.2) is 43.0 Å². The number of rotatable bonds is 5. The van der Waals surface area contributed by atoms with Gasteiger partial charge in [-0.15, -0.1) is 6.58 Å². The van der Waals surface area contributed by atoms with Gasteiger partial charge in [-0.3, -0.25) is 0 Å². The standard InChI is InChI=1S/C14H16O5/c1-4-11(10-8-6-5-7-9-10)14(17,12(15)18-2)13(16)19-3/h4-9,11,17H,1H2,2-3H3/t11-/m1/s1. The van der Waals surface area contributed by atoms with Crippen LogP contribution in [0.3, 0.4) is 0 Å². The predicted octanol–water partition coefficient (Wildman–Crippen LogP) is 1.03. The van der Waals surface area contributed by atoms with E-state index in [2.05, 4.69) is 16.1 Å². The van der Waals surface area contributed by atoms with Gasteiger partial charge in [0.1, 0.15) is 0 Å². The molecule has 5 nitrogen and oxygen atoms in total. The Morgan fingerprint density at radius 2 is 1.68 bits per heavy atom. The molecule has 0 spiro atoms. The molecule has 1 aromatic carbocycles. The Morgan fingerprint density at radius 3 is 2.05 bits per heavy atom. The van der Waals surface area contributed by atoms with Gasteiger partial charge < -0.3 is 14.6 Å². The first-order valence-electron chi connectivity index (χ1n) is 5.59. The lowest BCUT2D eigenvalue weighted by molar-refractivity contribution is -0.181. The van der Waals surface area contributed by atoms with Crippen LogP contribution in [0, 0.1) is 0 Å². The minimum Gasteiger partial charge on any atom is -0.466 e. The maximum Gasteiger partial charge on any atom is 0.350 e. The first kappa shape index (κ1) is 14.9. The van der Waals surface area contributed by atoms with Gasteiger partial charge in [-0.1, -0.05) is 36.4 Å². The number of ether oxygens (including phenoxy) is 2. The van der Waals surface area contributed by atoms with E-state index in [1.807, 2.05) is 0 Å². The molecule has 5 heteroatoms. The van der Waals surface area contributed by atoms with Crippen LogP contribution in [-0.2, 0) is 19.1 Å². The molecule has 0 saturated heterocycles. The number of carbonyl (C=O) groups excluding carboxylic acids is 2. The lowest BCUT2D eigenvalue weighted by Gasteiger charge is -2.29. The molecular formula is C14H16O5. The van der Waals surface area contributed by atoms with Crippen molar-refractivity contribution in [1.82, 2.24) is 0 Å². The summed E-state index contributed by atoms with van der Waals surface area (Å²) >= 11 is 0. The minimum absolute atomic E-state index is 0.552. The topological polar surface area (TPSA) is 72.8 Å². The number of carbonyl (C=O) groups is 2. The number of hydrogen-bond acceptors (Lipinski definition) is 5. The van der Waals surface area contributed by atoms with Gasteiger partial charge >= 0.3 is 11.9 Å². The molecule has 1 N–H and O–H groups in total. The number of benzene rings is 1. The highest BCUT2D eigenvalue weighted by Crippen LogP contribution is 2.31. The highest BCUT2D eigenvalue weighted by molar-refractivity contribution is 6.04. The zero-order chi connectivity index (χ0) is 14.5. The third-order valence-electron chi connectivity index (χ3n) is 2.84. The van der Waals surface area contributed by atoms with Crippen molar-refractivity contribution in [3.63, 3.8) is 0 Å². The molecule has 0 aliphatic rings. The van der Waals surface area contributed by atoms with Gasteiger partial charge in [-0.25, -0.2) is 9.59 Å². The van der Waals surface area contributed by atoms with E-state index in [9.17, 15) is 14.7 Å². The molecule has 0 heterocycles. The van der Waals surface area contributed by atoms with Crippen molar-refractivity contribution < 1.29 is 24.2 Å². The van der Waals surface area contributed by atoms with Crippen LogP contribution < -0.4 is 0 Å². The summed E-state index contributed by atoms with van der Waals surface area (Å²) in [6.45, 7) is 3.56.